The number of allylic oxidation sites excluding steroid dienone is 1. The largest absolute Gasteiger partial charge is 0.454 e. The number of carbonyl (C=O) groups is 2. The molecule has 1 N–H and O–H groups in total. The van der Waals surface area contributed by atoms with Crippen LogP contribution in [-0.4, -0.2) is 35.4 Å². The molecule has 2 rings (SSSR count). The Morgan fingerprint density at radius 1 is 1.38 bits per heavy atom. The number of nitrogens with one attached hydrogen (secondary N) is 1. The first-order valence-electron chi connectivity index (χ1n) is 7.30. The second-order valence-electron chi connectivity index (χ2n) is 5.53. The van der Waals surface area contributed by atoms with Crippen LogP contribution < -0.4 is 5.32 Å². The number of anilines is 1. The number of alkyl halides is 3. The van der Waals surface area contributed by atoms with Crippen LogP contribution >= 0.6 is 11.6 Å². The summed E-state index contributed by atoms with van der Waals surface area (Å²) in [7, 11) is 0. The van der Waals surface area contributed by atoms with E-state index < -0.39 is 18.0 Å². The third-order valence-corrected chi connectivity index (χ3v) is 4.14. The van der Waals surface area contributed by atoms with Gasteiger partial charge in [0.25, 0.3) is 5.78 Å². The van der Waals surface area contributed by atoms with E-state index in [2.05, 4.69) is 5.32 Å². The van der Waals surface area contributed by atoms with Crippen molar-refractivity contribution in [2.24, 2.45) is 0 Å². The Morgan fingerprint density at radius 3 is 2.71 bits per heavy atom. The first kappa shape index (κ1) is 18.3. The van der Waals surface area contributed by atoms with Gasteiger partial charge in [0.1, 0.15) is 6.04 Å². The first-order valence-corrected chi connectivity index (χ1v) is 7.68. The minimum Gasteiger partial charge on any atom is -0.365 e. The maximum absolute atomic E-state index is 12.3. The molecule has 4 nitrogen and oxygen atoms in total. The number of nitrogens with zero attached hydrogens (tertiary/aromatic N) is 1. The van der Waals surface area contributed by atoms with E-state index in [1.165, 1.54) is 4.90 Å². The molecule has 1 atom stereocenters. The van der Waals surface area contributed by atoms with Crippen LogP contribution in [-0.2, 0) is 9.59 Å². The number of halogens is 4. The quantitative estimate of drug-likeness (QED) is 0.833. The van der Waals surface area contributed by atoms with Crippen molar-refractivity contribution in [3.8, 4) is 0 Å². The van der Waals surface area contributed by atoms with Crippen LogP contribution in [0.2, 0.25) is 5.02 Å². The van der Waals surface area contributed by atoms with Crippen molar-refractivity contribution in [3.63, 3.8) is 0 Å². The Labute approximate surface area is 142 Å². The lowest BCUT2D eigenvalue weighted by Gasteiger charge is -2.22. The van der Waals surface area contributed by atoms with Gasteiger partial charge in [-0.15, -0.1) is 0 Å². The molecular formula is C16H16ClF3N2O2. The predicted octanol–water partition coefficient (Wildman–Crippen LogP) is 3.70. The average molecular weight is 361 g/mol. The summed E-state index contributed by atoms with van der Waals surface area (Å²) in [6.07, 6.45) is -2.27. The molecule has 24 heavy (non-hydrogen) atoms. The molecule has 0 unspecified atom stereocenters. The van der Waals surface area contributed by atoms with Crippen LogP contribution in [0.1, 0.15) is 18.4 Å². The van der Waals surface area contributed by atoms with Gasteiger partial charge in [-0.25, -0.2) is 0 Å². The van der Waals surface area contributed by atoms with Crippen LogP contribution in [0.15, 0.2) is 30.5 Å². The molecule has 0 saturated carbocycles. The highest BCUT2D eigenvalue weighted by Gasteiger charge is 2.37. The van der Waals surface area contributed by atoms with Gasteiger partial charge in [-0.1, -0.05) is 17.7 Å². The van der Waals surface area contributed by atoms with E-state index in [1.807, 2.05) is 6.92 Å². The zero-order valence-electron chi connectivity index (χ0n) is 12.9. The Balaban J connectivity index is 2.04. The summed E-state index contributed by atoms with van der Waals surface area (Å²) >= 11 is 6.00. The molecule has 0 aromatic heterocycles. The lowest BCUT2D eigenvalue weighted by Crippen LogP contribution is -2.36. The molecule has 0 spiro atoms. The van der Waals surface area contributed by atoms with Gasteiger partial charge < -0.3 is 10.2 Å². The number of ketones is 1. The van der Waals surface area contributed by atoms with Gasteiger partial charge in [0.05, 0.1) is 0 Å². The van der Waals surface area contributed by atoms with Gasteiger partial charge >= 0.3 is 6.18 Å². The van der Waals surface area contributed by atoms with E-state index in [9.17, 15) is 22.8 Å². The summed E-state index contributed by atoms with van der Waals surface area (Å²) in [5.74, 6) is -2.30. The molecule has 1 aliphatic heterocycles. The lowest BCUT2D eigenvalue weighted by atomic mass is 10.2. The maximum atomic E-state index is 12.3. The van der Waals surface area contributed by atoms with Crippen molar-refractivity contribution in [1.82, 2.24) is 4.90 Å². The molecule has 1 amide bonds. The van der Waals surface area contributed by atoms with E-state index in [0.717, 1.165) is 11.8 Å². The van der Waals surface area contributed by atoms with Crippen molar-refractivity contribution in [2.75, 3.05) is 11.9 Å². The van der Waals surface area contributed by atoms with Crippen molar-refractivity contribution in [2.45, 2.75) is 32.0 Å². The van der Waals surface area contributed by atoms with Crippen LogP contribution in [0.5, 0.6) is 0 Å². The molecule has 1 aromatic carbocycles. The molecule has 1 aromatic rings. The average Bonchev–Trinajstić information content (AvgIpc) is 2.96. The highest BCUT2D eigenvalue weighted by Crippen LogP contribution is 2.23. The van der Waals surface area contributed by atoms with Crippen molar-refractivity contribution < 1.29 is 22.8 Å². The van der Waals surface area contributed by atoms with Crippen molar-refractivity contribution in [1.29, 1.82) is 0 Å². The fourth-order valence-corrected chi connectivity index (χ4v) is 2.58. The number of hydrogen-bond acceptors (Lipinski definition) is 3. The van der Waals surface area contributed by atoms with E-state index in [0.29, 0.717) is 36.2 Å². The number of likely N-dealkylation sites (tertiary alicyclic amines) is 1. The zero-order valence-corrected chi connectivity index (χ0v) is 13.6. The van der Waals surface area contributed by atoms with E-state index in [-0.39, 0.29) is 5.91 Å². The molecule has 1 saturated heterocycles. The molecule has 8 heteroatoms. The number of carbonyl (C=O) groups excluding carboxylic acids is 2. The monoisotopic (exact) mass is 360 g/mol. The smallest absolute Gasteiger partial charge is 0.365 e. The third-order valence-electron chi connectivity index (χ3n) is 3.73. The van der Waals surface area contributed by atoms with Gasteiger partial charge in [-0.05, 0) is 37.5 Å². The van der Waals surface area contributed by atoms with Crippen molar-refractivity contribution in [3.05, 3.63) is 41.1 Å². The fraction of sp³-hybridized carbons (Fsp3) is 0.375. The standard InChI is InChI=1S/C16H16ClF3N2O2/c1-10-4-5-11(9-12(10)17)21-15(24)13-3-2-7-22(13)8-6-14(23)16(18,19)20/h4-6,8-9,13H,2-3,7H2,1H3,(H,21,24)/b8-6+/t13-/m0/s1. The number of benzene rings is 1. The normalized spacial score (nSPS) is 18.2. The fourth-order valence-electron chi connectivity index (χ4n) is 2.40. The SMILES string of the molecule is Cc1ccc(NC(=O)[C@@H]2CCCN2/C=C/C(=O)C(F)(F)F)cc1Cl. The van der Waals surface area contributed by atoms with Gasteiger partial charge in [0.2, 0.25) is 5.91 Å². The van der Waals surface area contributed by atoms with E-state index in [4.69, 9.17) is 11.6 Å². The first-order chi connectivity index (χ1) is 11.2. The second-order valence-corrected chi connectivity index (χ2v) is 5.93. The molecule has 1 aliphatic rings. The number of rotatable bonds is 4. The maximum Gasteiger partial charge on any atom is 0.454 e. The van der Waals surface area contributed by atoms with Gasteiger partial charge in [0.15, 0.2) is 0 Å². The topological polar surface area (TPSA) is 49.4 Å². The minimum atomic E-state index is -4.91. The van der Waals surface area contributed by atoms with Gasteiger partial charge in [0, 0.05) is 29.5 Å². The molecule has 1 heterocycles. The highest BCUT2D eigenvalue weighted by molar-refractivity contribution is 6.31. The molecule has 0 radical (unpaired) electrons. The second kappa shape index (κ2) is 7.25. The van der Waals surface area contributed by atoms with E-state index >= 15 is 0 Å². The Hall–Kier alpha value is -2.02. The van der Waals surface area contributed by atoms with Crippen LogP contribution in [0.4, 0.5) is 18.9 Å². The Bertz CT molecular complexity index is 674. The molecule has 0 aliphatic carbocycles. The number of amides is 1. The summed E-state index contributed by atoms with van der Waals surface area (Å²) in [5.41, 5.74) is 1.38. The van der Waals surface area contributed by atoms with Gasteiger partial charge in [-0.2, -0.15) is 13.2 Å². The summed E-state index contributed by atoms with van der Waals surface area (Å²) in [5, 5.41) is 3.20. The summed E-state index contributed by atoms with van der Waals surface area (Å²) in [6.45, 7) is 2.24. The Kier molecular flexibility index (Phi) is 5.54. The molecule has 0 bridgehead atoms. The molecule has 1 fully saturated rings. The zero-order chi connectivity index (χ0) is 17.9. The lowest BCUT2D eigenvalue weighted by molar-refractivity contribution is -0.165. The number of aryl methyl sites for hydroxylation is 1. The van der Waals surface area contributed by atoms with Crippen molar-refractivity contribution >= 4 is 29.0 Å². The van der Waals surface area contributed by atoms with E-state index in [1.54, 1.807) is 18.2 Å². The molecular weight excluding hydrogens is 345 g/mol. The highest BCUT2D eigenvalue weighted by atomic mass is 35.5. The Morgan fingerprint density at radius 2 is 2.08 bits per heavy atom. The van der Waals surface area contributed by atoms with Crippen LogP contribution in [0.25, 0.3) is 0 Å². The van der Waals surface area contributed by atoms with Gasteiger partial charge in [-0.3, -0.25) is 9.59 Å². The minimum absolute atomic E-state index is 0.350. The number of hydrogen-bond donors (Lipinski definition) is 1. The summed E-state index contributed by atoms with van der Waals surface area (Å²) in [6, 6.07) is 4.44. The summed E-state index contributed by atoms with van der Waals surface area (Å²) in [4.78, 5) is 24.7. The molecule has 130 valence electrons. The predicted molar refractivity (Wildman–Crippen MR) is 84.7 cm³/mol. The third kappa shape index (κ3) is 4.50. The summed E-state index contributed by atoms with van der Waals surface area (Å²) < 4.78 is 36.7. The van der Waals surface area contributed by atoms with Crippen LogP contribution in [0, 0.1) is 6.92 Å². The van der Waals surface area contributed by atoms with Crippen LogP contribution in [0.3, 0.4) is 0 Å².